The largest absolute Gasteiger partial charge is 0.323 e. The zero-order chi connectivity index (χ0) is 13.3. The van der Waals surface area contributed by atoms with Crippen molar-refractivity contribution in [3.8, 4) is 0 Å². The molecule has 1 saturated heterocycles. The maximum atomic E-state index is 12.8. The summed E-state index contributed by atoms with van der Waals surface area (Å²) in [6.07, 6.45) is 6.93. The number of hydrogen-bond donors (Lipinski definition) is 1. The molecule has 3 heteroatoms. The maximum absolute atomic E-state index is 12.8. The molecule has 1 N–H and O–H groups in total. The summed E-state index contributed by atoms with van der Waals surface area (Å²) < 4.78 is 0. The van der Waals surface area contributed by atoms with Crippen LogP contribution in [-0.2, 0) is 4.79 Å². The van der Waals surface area contributed by atoms with Crippen LogP contribution < -0.4 is 5.32 Å². The highest BCUT2D eigenvalue weighted by Crippen LogP contribution is 2.38. The first-order valence-corrected chi connectivity index (χ1v) is 7.62. The SMILES string of the molecule is CCCC1NC2(CCCC2)C(=O)N1C(C)C(C)C. The summed E-state index contributed by atoms with van der Waals surface area (Å²) in [6, 6.07) is 0.335. The van der Waals surface area contributed by atoms with Crippen LogP contribution >= 0.6 is 0 Å². The second-order valence-electron chi connectivity index (χ2n) is 6.44. The van der Waals surface area contributed by atoms with Gasteiger partial charge in [0.15, 0.2) is 0 Å². The quantitative estimate of drug-likeness (QED) is 0.834. The highest BCUT2D eigenvalue weighted by molar-refractivity contribution is 5.89. The standard InChI is InChI=1S/C15H28N2O/c1-5-8-13-16-15(9-6-7-10-15)14(18)17(13)12(4)11(2)3/h11-13,16H,5-10H2,1-4H3. The van der Waals surface area contributed by atoms with Crippen LogP contribution in [0.3, 0.4) is 0 Å². The highest BCUT2D eigenvalue weighted by atomic mass is 16.2. The second-order valence-corrected chi connectivity index (χ2v) is 6.44. The fourth-order valence-corrected chi connectivity index (χ4v) is 3.45. The first kappa shape index (κ1) is 13.9. The van der Waals surface area contributed by atoms with Crippen LogP contribution in [0.1, 0.15) is 66.2 Å². The van der Waals surface area contributed by atoms with Gasteiger partial charge in [-0.25, -0.2) is 0 Å². The van der Waals surface area contributed by atoms with Gasteiger partial charge in [-0.2, -0.15) is 0 Å². The number of hydrogen-bond acceptors (Lipinski definition) is 2. The van der Waals surface area contributed by atoms with Crippen LogP contribution in [0.2, 0.25) is 0 Å². The Morgan fingerprint density at radius 1 is 1.33 bits per heavy atom. The number of carbonyl (C=O) groups is 1. The number of amides is 1. The summed E-state index contributed by atoms with van der Waals surface area (Å²) >= 11 is 0. The molecule has 0 aromatic carbocycles. The zero-order valence-electron chi connectivity index (χ0n) is 12.3. The van der Waals surface area contributed by atoms with Crippen LogP contribution in [0.15, 0.2) is 0 Å². The molecule has 0 aromatic rings. The van der Waals surface area contributed by atoms with E-state index in [0.29, 0.717) is 17.9 Å². The van der Waals surface area contributed by atoms with Gasteiger partial charge in [0.1, 0.15) is 0 Å². The van der Waals surface area contributed by atoms with Crippen LogP contribution in [0.4, 0.5) is 0 Å². The molecule has 18 heavy (non-hydrogen) atoms. The molecule has 0 radical (unpaired) electrons. The molecule has 1 aliphatic heterocycles. The average molecular weight is 252 g/mol. The average Bonchev–Trinajstić information content (AvgIpc) is 2.87. The van der Waals surface area contributed by atoms with Crippen molar-refractivity contribution in [1.82, 2.24) is 10.2 Å². The third-order valence-corrected chi connectivity index (χ3v) is 4.85. The summed E-state index contributed by atoms with van der Waals surface area (Å²) in [5.74, 6) is 0.895. The normalized spacial score (nSPS) is 28.6. The number of nitrogens with zero attached hydrogens (tertiary/aromatic N) is 1. The number of rotatable bonds is 4. The van der Waals surface area contributed by atoms with Crippen LogP contribution in [0.25, 0.3) is 0 Å². The van der Waals surface area contributed by atoms with Crippen molar-refractivity contribution < 1.29 is 4.79 Å². The van der Waals surface area contributed by atoms with Gasteiger partial charge in [0.05, 0.1) is 11.7 Å². The molecule has 2 unspecified atom stereocenters. The molecule has 0 bridgehead atoms. The van der Waals surface area contributed by atoms with E-state index < -0.39 is 0 Å². The summed E-state index contributed by atoms with van der Waals surface area (Å²) in [4.78, 5) is 15.0. The smallest absolute Gasteiger partial charge is 0.244 e. The van der Waals surface area contributed by atoms with Crippen molar-refractivity contribution >= 4 is 5.91 Å². The van der Waals surface area contributed by atoms with Gasteiger partial charge in [-0.1, -0.05) is 40.0 Å². The summed E-state index contributed by atoms with van der Waals surface area (Å²) in [5.41, 5.74) is -0.205. The fourth-order valence-electron chi connectivity index (χ4n) is 3.45. The van der Waals surface area contributed by atoms with E-state index in [9.17, 15) is 4.79 Å². The van der Waals surface area contributed by atoms with Gasteiger partial charge in [-0.05, 0) is 32.1 Å². The Morgan fingerprint density at radius 2 is 1.94 bits per heavy atom. The van der Waals surface area contributed by atoms with E-state index in [-0.39, 0.29) is 11.7 Å². The highest BCUT2D eigenvalue weighted by Gasteiger charge is 2.53. The second kappa shape index (κ2) is 5.20. The van der Waals surface area contributed by atoms with E-state index in [4.69, 9.17) is 0 Å². The van der Waals surface area contributed by atoms with E-state index in [1.807, 2.05) is 0 Å². The van der Waals surface area contributed by atoms with Crippen molar-refractivity contribution in [3.05, 3.63) is 0 Å². The Balaban J connectivity index is 2.21. The first-order chi connectivity index (χ1) is 8.52. The van der Waals surface area contributed by atoms with E-state index in [0.717, 1.165) is 25.7 Å². The Labute approximate surface area is 111 Å². The molecule has 1 heterocycles. The predicted octanol–water partition coefficient (Wildman–Crippen LogP) is 2.90. The zero-order valence-corrected chi connectivity index (χ0v) is 12.3. The molecule has 1 spiro atoms. The molecule has 104 valence electrons. The lowest BCUT2D eigenvalue weighted by atomic mass is 9.96. The van der Waals surface area contributed by atoms with E-state index in [2.05, 4.69) is 37.9 Å². The minimum atomic E-state index is -0.205. The molecule has 0 aromatic heterocycles. The molecule has 1 amide bonds. The molecular weight excluding hydrogens is 224 g/mol. The number of nitrogens with one attached hydrogen (secondary N) is 1. The lowest BCUT2D eigenvalue weighted by Crippen LogP contribution is -2.46. The van der Waals surface area contributed by atoms with Crippen molar-refractivity contribution in [2.24, 2.45) is 5.92 Å². The Morgan fingerprint density at radius 3 is 2.44 bits per heavy atom. The third-order valence-electron chi connectivity index (χ3n) is 4.85. The predicted molar refractivity (Wildman–Crippen MR) is 74.2 cm³/mol. The summed E-state index contributed by atoms with van der Waals surface area (Å²) in [5, 5.41) is 3.68. The van der Waals surface area contributed by atoms with Gasteiger partial charge in [0, 0.05) is 6.04 Å². The van der Waals surface area contributed by atoms with Gasteiger partial charge < -0.3 is 4.90 Å². The summed E-state index contributed by atoms with van der Waals surface area (Å²) in [7, 11) is 0. The van der Waals surface area contributed by atoms with Gasteiger partial charge in [-0.3, -0.25) is 10.1 Å². The van der Waals surface area contributed by atoms with Gasteiger partial charge in [0.25, 0.3) is 0 Å². The minimum absolute atomic E-state index is 0.205. The Hall–Kier alpha value is -0.570. The molecule has 2 rings (SSSR count). The van der Waals surface area contributed by atoms with Gasteiger partial charge in [-0.15, -0.1) is 0 Å². The molecular formula is C15H28N2O. The first-order valence-electron chi connectivity index (χ1n) is 7.62. The van der Waals surface area contributed by atoms with Crippen LogP contribution in [0.5, 0.6) is 0 Å². The maximum Gasteiger partial charge on any atom is 0.244 e. The van der Waals surface area contributed by atoms with E-state index in [1.54, 1.807) is 0 Å². The van der Waals surface area contributed by atoms with Crippen LogP contribution in [0, 0.1) is 5.92 Å². The Bertz CT molecular complexity index is 308. The minimum Gasteiger partial charge on any atom is -0.323 e. The monoisotopic (exact) mass is 252 g/mol. The molecule has 1 saturated carbocycles. The van der Waals surface area contributed by atoms with Crippen LogP contribution in [-0.4, -0.2) is 28.6 Å². The lowest BCUT2D eigenvalue weighted by Gasteiger charge is -2.33. The van der Waals surface area contributed by atoms with Crippen molar-refractivity contribution in [1.29, 1.82) is 0 Å². The number of carbonyl (C=O) groups excluding carboxylic acids is 1. The topological polar surface area (TPSA) is 32.3 Å². The van der Waals surface area contributed by atoms with E-state index in [1.165, 1.54) is 12.8 Å². The van der Waals surface area contributed by atoms with Crippen molar-refractivity contribution in [3.63, 3.8) is 0 Å². The lowest BCUT2D eigenvalue weighted by molar-refractivity contribution is -0.135. The van der Waals surface area contributed by atoms with E-state index >= 15 is 0 Å². The molecule has 2 aliphatic rings. The van der Waals surface area contributed by atoms with Crippen molar-refractivity contribution in [2.45, 2.75) is 84.0 Å². The van der Waals surface area contributed by atoms with Gasteiger partial charge in [0.2, 0.25) is 5.91 Å². The fraction of sp³-hybridized carbons (Fsp3) is 0.933. The summed E-state index contributed by atoms with van der Waals surface area (Å²) in [6.45, 7) is 8.81. The molecule has 2 atom stereocenters. The molecule has 3 nitrogen and oxygen atoms in total. The van der Waals surface area contributed by atoms with Crippen molar-refractivity contribution in [2.75, 3.05) is 0 Å². The Kier molecular flexibility index (Phi) is 4.00. The molecule has 1 aliphatic carbocycles. The molecule has 2 fully saturated rings. The third kappa shape index (κ3) is 2.18. The van der Waals surface area contributed by atoms with Gasteiger partial charge >= 0.3 is 0 Å².